The summed E-state index contributed by atoms with van der Waals surface area (Å²) in [5.74, 6) is 0.467. The number of ether oxygens (including phenoxy) is 1. The normalized spacial score (nSPS) is 16.5. The second-order valence-corrected chi connectivity index (χ2v) is 6.54. The number of aryl methyl sites for hydroxylation is 1. The summed E-state index contributed by atoms with van der Waals surface area (Å²) in [7, 11) is 1.61. The van der Waals surface area contributed by atoms with Crippen LogP contribution in [0, 0.1) is 12.3 Å². The van der Waals surface area contributed by atoms with Crippen LogP contribution >= 0.6 is 0 Å². The number of amides is 1. The fraction of sp³-hybridized carbons (Fsp3) is 0.444. The van der Waals surface area contributed by atoms with Crippen LogP contribution in [-0.2, 0) is 0 Å². The molecule has 6 nitrogen and oxygen atoms in total. The van der Waals surface area contributed by atoms with Crippen molar-refractivity contribution in [3.8, 4) is 11.4 Å². The van der Waals surface area contributed by atoms with Crippen LogP contribution in [0.15, 0.2) is 30.5 Å². The molecule has 6 heteroatoms. The number of carbonyl (C=O) groups excluding carboxylic acids is 1. The second-order valence-electron chi connectivity index (χ2n) is 6.54. The SMILES string of the molecule is COc1ccc(C)cc1-n1ccc(C(=O)NC(C)C2(CO)CC2)n1. The Morgan fingerprint density at radius 1 is 1.46 bits per heavy atom. The molecule has 24 heavy (non-hydrogen) atoms. The van der Waals surface area contributed by atoms with Crippen molar-refractivity contribution >= 4 is 5.91 Å². The van der Waals surface area contributed by atoms with Crippen molar-refractivity contribution in [1.29, 1.82) is 0 Å². The summed E-state index contributed by atoms with van der Waals surface area (Å²) in [6.07, 6.45) is 3.63. The van der Waals surface area contributed by atoms with Gasteiger partial charge in [0.1, 0.15) is 11.4 Å². The highest BCUT2D eigenvalue weighted by Crippen LogP contribution is 2.48. The highest BCUT2D eigenvalue weighted by Gasteiger charge is 2.47. The van der Waals surface area contributed by atoms with Gasteiger partial charge in [-0.1, -0.05) is 6.07 Å². The Balaban J connectivity index is 1.78. The molecule has 1 aromatic carbocycles. The van der Waals surface area contributed by atoms with Crippen LogP contribution in [0.5, 0.6) is 5.75 Å². The van der Waals surface area contributed by atoms with E-state index < -0.39 is 0 Å². The maximum absolute atomic E-state index is 12.4. The molecular weight excluding hydrogens is 306 g/mol. The molecule has 3 rings (SSSR count). The maximum atomic E-state index is 12.4. The highest BCUT2D eigenvalue weighted by atomic mass is 16.5. The van der Waals surface area contributed by atoms with Gasteiger partial charge in [0.2, 0.25) is 0 Å². The van der Waals surface area contributed by atoms with Crippen LogP contribution in [0.25, 0.3) is 5.69 Å². The van der Waals surface area contributed by atoms with E-state index in [4.69, 9.17) is 4.74 Å². The summed E-state index contributed by atoms with van der Waals surface area (Å²) in [4.78, 5) is 12.4. The van der Waals surface area contributed by atoms with Crippen LogP contribution in [0.1, 0.15) is 35.8 Å². The van der Waals surface area contributed by atoms with Gasteiger partial charge in [-0.2, -0.15) is 5.10 Å². The summed E-state index contributed by atoms with van der Waals surface area (Å²) in [6.45, 7) is 4.02. The Bertz CT molecular complexity index is 750. The number of rotatable bonds is 6. The average molecular weight is 329 g/mol. The molecule has 1 aliphatic rings. The molecule has 128 valence electrons. The van der Waals surface area contributed by atoms with E-state index in [0.29, 0.717) is 11.4 Å². The van der Waals surface area contributed by atoms with Gasteiger partial charge in [-0.25, -0.2) is 4.68 Å². The molecule has 2 N–H and O–H groups in total. The first kappa shape index (κ1) is 16.5. The summed E-state index contributed by atoms with van der Waals surface area (Å²) in [5, 5.41) is 16.8. The second kappa shape index (κ2) is 6.28. The van der Waals surface area contributed by atoms with Gasteiger partial charge >= 0.3 is 0 Å². The predicted molar refractivity (Wildman–Crippen MR) is 90.5 cm³/mol. The number of hydrogen-bond acceptors (Lipinski definition) is 4. The first-order valence-electron chi connectivity index (χ1n) is 8.11. The summed E-state index contributed by atoms with van der Waals surface area (Å²) in [6, 6.07) is 7.41. The average Bonchev–Trinajstić information content (AvgIpc) is 3.23. The van der Waals surface area contributed by atoms with Crippen LogP contribution in [0.2, 0.25) is 0 Å². The van der Waals surface area contributed by atoms with Crippen LogP contribution < -0.4 is 10.1 Å². The largest absolute Gasteiger partial charge is 0.494 e. The zero-order valence-corrected chi connectivity index (χ0v) is 14.2. The summed E-state index contributed by atoms with van der Waals surface area (Å²) < 4.78 is 7.01. The van der Waals surface area contributed by atoms with Gasteiger partial charge in [0.15, 0.2) is 5.69 Å². The highest BCUT2D eigenvalue weighted by molar-refractivity contribution is 5.92. The Morgan fingerprint density at radius 2 is 2.21 bits per heavy atom. The lowest BCUT2D eigenvalue weighted by Crippen LogP contribution is -2.41. The predicted octanol–water partition coefficient (Wildman–Crippen LogP) is 2.08. The Kier molecular flexibility index (Phi) is 4.32. The number of carbonyl (C=O) groups is 1. The third-order valence-corrected chi connectivity index (χ3v) is 4.88. The molecular formula is C18H23N3O3. The maximum Gasteiger partial charge on any atom is 0.272 e. The van der Waals surface area contributed by atoms with Crippen LogP contribution in [0.3, 0.4) is 0 Å². The number of aromatic nitrogens is 2. The first-order valence-corrected chi connectivity index (χ1v) is 8.11. The van der Waals surface area contributed by atoms with E-state index in [9.17, 15) is 9.90 Å². The van der Waals surface area contributed by atoms with Crippen molar-refractivity contribution in [3.63, 3.8) is 0 Å². The van der Waals surface area contributed by atoms with Gasteiger partial charge in [0, 0.05) is 17.7 Å². The molecule has 2 aromatic rings. The van der Waals surface area contributed by atoms with Crippen molar-refractivity contribution in [2.45, 2.75) is 32.7 Å². The standard InChI is InChI=1S/C18H23N3O3/c1-12-4-5-16(24-3)15(10-12)21-9-6-14(20-21)17(23)19-13(2)18(11-22)7-8-18/h4-6,9-10,13,22H,7-8,11H2,1-3H3,(H,19,23). The number of nitrogens with one attached hydrogen (secondary N) is 1. The zero-order valence-electron chi connectivity index (χ0n) is 14.2. The summed E-state index contributed by atoms with van der Waals surface area (Å²) in [5.41, 5.74) is 2.06. The van der Waals surface area contributed by atoms with Crippen molar-refractivity contribution in [2.24, 2.45) is 5.41 Å². The molecule has 0 saturated heterocycles. The van der Waals surface area contributed by atoms with Gasteiger partial charge in [0.05, 0.1) is 13.7 Å². The Labute approximate surface area is 141 Å². The fourth-order valence-corrected chi connectivity index (χ4v) is 2.87. The van der Waals surface area contributed by atoms with Gasteiger partial charge < -0.3 is 15.2 Å². The Hall–Kier alpha value is -2.34. The smallest absolute Gasteiger partial charge is 0.272 e. The molecule has 1 unspecified atom stereocenters. The minimum atomic E-state index is -0.229. The quantitative estimate of drug-likeness (QED) is 0.851. The van der Waals surface area contributed by atoms with Gasteiger partial charge in [-0.3, -0.25) is 4.79 Å². The van der Waals surface area contributed by atoms with Crippen molar-refractivity contribution < 1.29 is 14.6 Å². The first-order chi connectivity index (χ1) is 11.5. The number of methoxy groups -OCH3 is 1. The molecule has 1 saturated carbocycles. The van der Waals surface area contributed by atoms with Crippen LogP contribution in [-0.4, -0.2) is 40.6 Å². The minimum Gasteiger partial charge on any atom is -0.494 e. The molecule has 1 amide bonds. The van der Waals surface area contributed by atoms with Gasteiger partial charge in [0.25, 0.3) is 5.91 Å². The van der Waals surface area contributed by atoms with Crippen LogP contribution in [0.4, 0.5) is 0 Å². The van der Waals surface area contributed by atoms with Crippen molar-refractivity contribution in [2.75, 3.05) is 13.7 Å². The lowest BCUT2D eigenvalue weighted by molar-refractivity contribution is 0.0894. The van der Waals surface area contributed by atoms with E-state index in [0.717, 1.165) is 24.1 Å². The number of hydrogen-bond donors (Lipinski definition) is 2. The van der Waals surface area contributed by atoms with E-state index in [2.05, 4.69) is 10.4 Å². The van der Waals surface area contributed by atoms with Gasteiger partial charge in [-0.05, 0) is 50.5 Å². The molecule has 0 aliphatic heterocycles. The van der Waals surface area contributed by atoms with E-state index >= 15 is 0 Å². The molecule has 1 heterocycles. The topological polar surface area (TPSA) is 76.4 Å². The lowest BCUT2D eigenvalue weighted by atomic mass is 9.99. The number of benzene rings is 1. The number of aliphatic hydroxyl groups excluding tert-OH is 1. The molecule has 1 fully saturated rings. The van der Waals surface area contributed by atoms with Crippen molar-refractivity contribution in [1.82, 2.24) is 15.1 Å². The third-order valence-electron chi connectivity index (χ3n) is 4.88. The van der Waals surface area contributed by atoms with E-state index in [-0.39, 0.29) is 24.0 Å². The summed E-state index contributed by atoms with van der Waals surface area (Å²) >= 11 is 0. The lowest BCUT2D eigenvalue weighted by Gasteiger charge is -2.21. The third kappa shape index (κ3) is 3.01. The molecule has 1 aromatic heterocycles. The van der Waals surface area contributed by atoms with E-state index in [1.54, 1.807) is 24.1 Å². The molecule has 1 atom stereocenters. The molecule has 0 bridgehead atoms. The molecule has 0 spiro atoms. The zero-order chi connectivity index (χ0) is 17.3. The molecule has 1 aliphatic carbocycles. The van der Waals surface area contributed by atoms with E-state index in [1.165, 1.54) is 0 Å². The monoisotopic (exact) mass is 329 g/mol. The number of aliphatic hydroxyl groups is 1. The van der Waals surface area contributed by atoms with E-state index in [1.807, 2.05) is 32.0 Å². The Morgan fingerprint density at radius 3 is 2.83 bits per heavy atom. The van der Waals surface area contributed by atoms with Crippen molar-refractivity contribution in [3.05, 3.63) is 41.7 Å². The fourth-order valence-electron chi connectivity index (χ4n) is 2.87. The van der Waals surface area contributed by atoms with Gasteiger partial charge in [-0.15, -0.1) is 0 Å². The minimum absolute atomic E-state index is 0.0753. The molecule has 0 radical (unpaired) electrons. The number of nitrogens with zero attached hydrogens (tertiary/aromatic N) is 2.